The minimum atomic E-state index is -0.230. The first-order valence-corrected chi connectivity index (χ1v) is 10.6. The van der Waals surface area contributed by atoms with Crippen LogP contribution in [0.15, 0.2) is 23.1 Å². The predicted octanol–water partition coefficient (Wildman–Crippen LogP) is 2.31. The Morgan fingerprint density at radius 2 is 2.13 bits per heavy atom. The monoisotopic (exact) mass is 411 g/mol. The highest BCUT2D eigenvalue weighted by Gasteiger charge is 2.32. The first-order chi connectivity index (χ1) is 14.5. The summed E-state index contributed by atoms with van der Waals surface area (Å²) in [5.74, 6) is 0.919. The lowest BCUT2D eigenvalue weighted by Gasteiger charge is -2.36. The molecule has 1 N–H and O–H groups in total. The van der Waals surface area contributed by atoms with Gasteiger partial charge in [-0.15, -0.1) is 0 Å². The highest BCUT2D eigenvalue weighted by Crippen LogP contribution is 2.31. The molecule has 8 nitrogen and oxygen atoms in total. The summed E-state index contributed by atoms with van der Waals surface area (Å²) < 4.78 is 5.16. The van der Waals surface area contributed by atoms with E-state index in [1.54, 1.807) is 18.3 Å². The highest BCUT2D eigenvalue weighted by atomic mass is 16.5. The number of methoxy groups -OCH3 is 1. The Balaban J connectivity index is 1.64. The summed E-state index contributed by atoms with van der Waals surface area (Å²) in [6.07, 6.45) is 5.05. The number of hydrogen-bond acceptors (Lipinski definition) is 6. The first-order valence-electron chi connectivity index (χ1n) is 10.6. The number of carbonyl (C=O) groups is 1. The Kier molecular flexibility index (Phi) is 5.85. The van der Waals surface area contributed by atoms with Gasteiger partial charge in [-0.25, -0.2) is 9.97 Å². The number of nitrogens with zero attached hydrogens (tertiary/aromatic N) is 4. The number of fused-ring (bicyclic) bond motifs is 1. The number of amides is 1. The molecule has 4 heterocycles. The van der Waals surface area contributed by atoms with Gasteiger partial charge in [-0.05, 0) is 39.2 Å². The number of carbonyl (C=O) groups excluding carboxylic acids is 1. The van der Waals surface area contributed by atoms with Crippen LogP contribution in [0.5, 0.6) is 5.88 Å². The highest BCUT2D eigenvalue weighted by molar-refractivity contribution is 5.94. The number of nitrogens with one attached hydrogen (secondary N) is 1. The van der Waals surface area contributed by atoms with E-state index in [0.29, 0.717) is 36.4 Å². The van der Waals surface area contributed by atoms with E-state index in [9.17, 15) is 9.59 Å². The molecule has 2 aliphatic heterocycles. The van der Waals surface area contributed by atoms with Crippen LogP contribution in [0.25, 0.3) is 0 Å². The van der Waals surface area contributed by atoms with Gasteiger partial charge in [0.25, 0.3) is 11.5 Å². The standard InChI is InChI=1S/C22H29N5O3/c1-14(2)26-11-8-17-16(13-26)21(28)25-20(24-17)18-6-4-5-10-27(18)22(29)15-7-9-23-19(12-15)30-3/h7,9,12,14,18H,4-6,8,10-11,13H2,1-3H3,(H,24,25,28)/t18-/m0/s1. The van der Waals surface area contributed by atoms with Crippen molar-refractivity contribution >= 4 is 5.91 Å². The molecule has 0 radical (unpaired) electrons. The third-order valence-corrected chi connectivity index (χ3v) is 6.12. The lowest BCUT2D eigenvalue weighted by molar-refractivity contribution is 0.0598. The molecule has 1 fully saturated rings. The fraction of sp³-hybridized carbons (Fsp3) is 0.545. The number of pyridine rings is 1. The molecule has 4 rings (SSSR count). The number of likely N-dealkylation sites (tertiary alicyclic amines) is 1. The van der Waals surface area contributed by atoms with Crippen LogP contribution in [0.3, 0.4) is 0 Å². The van der Waals surface area contributed by atoms with Crippen molar-refractivity contribution in [3.8, 4) is 5.88 Å². The Morgan fingerprint density at radius 1 is 1.30 bits per heavy atom. The maximum Gasteiger partial charge on any atom is 0.255 e. The molecule has 2 aromatic rings. The number of aromatic amines is 1. The zero-order valence-corrected chi connectivity index (χ0v) is 17.9. The molecule has 2 aromatic heterocycles. The number of H-pyrrole nitrogens is 1. The number of aromatic nitrogens is 3. The molecule has 0 saturated carbocycles. The van der Waals surface area contributed by atoms with Crippen LogP contribution in [0.1, 0.15) is 66.6 Å². The molecule has 1 amide bonds. The number of ether oxygens (including phenoxy) is 1. The second kappa shape index (κ2) is 8.55. The summed E-state index contributed by atoms with van der Waals surface area (Å²) in [6.45, 7) is 6.43. The number of rotatable bonds is 4. The van der Waals surface area contributed by atoms with Gasteiger partial charge in [0, 0.05) is 49.9 Å². The minimum absolute atomic E-state index is 0.0797. The quantitative estimate of drug-likeness (QED) is 0.830. The van der Waals surface area contributed by atoms with E-state index in [4.69, 9.17) is 9.72 Å². The van der Waals surface area contributed by atoms with E-state index in [2.05, 4.69) is 28.7 Å². The average Bonchev–Trinajstić information content (AvgIpc) is 2.78. The van der Waals surface area contributed by atoms with E-state index >= 15 is 0 Å². The summed E-state index contributed by atoms with van der Waals surface area (Å²) in [7, 11) is 1.53. The van der Waals surface area contributed by atoms with Gasteiger partial charge in [0.15, 0.2) is 0 Å². The van der Waals surface area contributed by atoms with Crippen molar-refractivity contribution in [2.45, 2.75) is 58.2 Å². The summed E-state index contributed by atoms with van der Waals surface area (Å²) >= 11 is 0. The Bertz CT molecular complexity index is 987. The molecular weight excluding hydrogens is 382 g/mol. The SMILES string of the molecule is COc1cc(C(=O)N2CCCC[C@H]2c2nc3c(c(=O)[nH]2)CN(C(C)C)CC3)ccn1. The topological polar surface area (TPSA) is 91.4 Å². The summed E-state index contributed by atoms with van der Waals surface area (Å²) in [5.41, 5.74) is 2.07. The molecular formula is C22H29N5O3. The van der Waals surface area contributed by atoms with E-state index < -0.39 is 0 Å². The van der Waals surface area contributed by atoms with Gasteiger partial charge in [-0.3, -0.25) is 14.5 Å². The van der Waals surface area contributed by atoms with Crippen molar-refractivity contribution in [2.75, 3.05) is 20.2 Å². The average molecular weight is 412 g/mol. The van der Waals surface area contributed by atoms with Gasteiger partial charge < -0.3 is 14.6 Å². The molecule has 0 aliphatic carbocycles. The number of hydrogen-bond donors (Lipinski definition) is 1. The van der Waals surface area contributed by atoms with Crippen LogP contribution in [0.2, 0.25) is 0 Å². The zero-order chi connectivity index (χ0) is 21.3. The first kappa shape index (κ1) is 20.5. The predicted molar refractivity (Wildman–Crippen MR) is 113 cm³/mol. The minimum Gasteiger partial charge on any atom is -0.481 e. The van der Waals surface area contributed by atoms with Crippen molar-refractivity contribution < 1.29 is 9.53 Å². The van der Waals surface area contributed by atoms with Crippen LogP contribution in [-0.2, 0) is 13.0 Å². The van der Waals surface area contributed by atoms with Crippen LogP contribution in [0.4, 0.5) is 0 Å². The van der Waals surface area contributed by atoms with E-state index in [-0.39, 0.29) is 17.5 Å². The van der Waals surface area contributed by atoms with Gasteiger partial charge in [-0.1, -0.05) is 0 Å². The van der Waals surface area contributed by atoms with E-state index in [1.165, 1.54) is 7.11 Å². The fourth-order valence-corrected chi connectivity index (χ4v) is 4.34. The van der Waals surface area contributed by atoms with Crippen LogP contribution in [0, 0.1) is 0 Å². The smallest absolute Gasteiger partial charge is 0.255 e. The molecule has 0 spiro atoms. The summed E-state index contributed by atoms with van der Waals surface area (Å²) in [5, 5.41) is 0. The summed E-state index contributed by atoms with van der Waals surface area (Å²) in [6, 6.07) is 3.50. The molecule has 0 bridgehead atoms. The van der Waals surface area contributed by atoms with Crippen LogP contribution >= 0.6 is 0 Å². The Morgan fingerprint density at radius 3 is 2.90 bits per heavy atom. The van der Waals surface area contributed by atoms with Gasteiger partial charge >= 0.3 is 0 Å². The fourth-order valence-electron chi connectivity index (χ4n) is 4.34. The van der Waals surface area contributed by atoms with Crippen molar-refractivity contribution in [3.05, 3.63) is 51.3 Å². The molecule has 30 heavy (non-hydrogen) atoms. The molecule has 8 heteroatoms. The molecule has 1 saturated heterocycles. The second-order valence-corrected chi connectivity index (χ2v) is 8.29. The van der Waals surface area contributed by atoms with Gasteiger partial charge in [0.05, 0.1) is 24.4 Å². The molecule has 2 aliphatic rings. The van der Waals surface area contributed by atoms with Crippen LogP contribution in [-0.4, -0.2) is 56.9 Å². The lowest BCUT2D eigenvalue weighted by Crippen LogP contribution is -2.42. The second-order valence-electron chi connectivity index (χ2n) is 8.29. The van der Waals surface area contributed by atoms with E-state index in [1.807, 2.05) is 4.90 Å². The normalized spacial score (nSPS) is 19.6. The largest absolute Gasteiger partial charge is 0.481 e. The molecule has 0 unspecified atom stereocenters. The Labute approximate surface area is 176 Å². The summed E-state index contributed by atoms with van der Waals surface area (Å²) in [4.78, 5) is 42.2. The zero-order valence-electron chi connectivity index (χ0n) is 17.9. The van der Waals surface area contributed by atoms with Crippen molar-refractivity contribution in [1.82, 2.24) is 24.8 Å². The van der Waals surface area contributed by atoms with Crippen molar-refractivity contribution in [3.63, 3.8) is 0 Å². The third-order valence-electron chi connectivity index (χ3n) is 6.12. The van der Waals surface area contributed by atoms with Gasteiger partial charge in [0.1, 0.15) is 5.82 Å². The van der Waals surface area contributed by atoms with Crippen molar-refractivity contribution in [2.24, 2.45) is 0 Å². The van der Waals surface area contributed by atoms with Gasteiger partial charge in [0.2, 0.25) is 5.88 Å². The molecule has 160 valence electrons. The van der Waals surface area contributed by atoms with Crippen LogP contribution < -0.4 is 10.3 Å². The molecule has 1 atom stereocenters. The Hall–Kier alpha value is -2.74. The lowest BCUT2D eigenvalue weighted by atomic mass is 9.99. The van der Waals surface area contributed by atoms with Gasteiger partial charge in [-0.2, -0.15) is 0 Å². The van der Waals surface area contributed by atoms with E-state index in [0.717, 1.165) is 43.5 Å². The maximum absolute atomic E-state index is 13.3. The van der Waals surface area contributed by atoms with Crippen molar-refractivity contribution in [1.29, 1.82) is 0 Å². The number of piperidine rings is 1. The maximum atomic E-state index is 13.3. The third kappa shape index (κ3) is 3.96. The molecule has 0 aromatic carbocycles.